The number of hydrogen-bond acceptors (Lipinski definition) is 3. The zero-order valence-electron chi connectivity index (χ0n) is 11.9. The van der Waals surface area contributed by atoms with E-state index in [4.69, 9.17) is 9.47 Å². The van der Waals surface area contributed by atoms with Crippen molar-refractivity contribution in [1.82, 2.24) is 4.90 Å². The fraction of sp³-hybridized carbons (Fsp3) is 0.533. The molecule has 0 saturated carbocycles. The molecule has 0 unspecified atom stereocenters. The number of carbonyl (C=O) groups is 1. The number of hydrogen-bond donors (Lipinski definition) is 0. The molecule has 0 aromatic heterocycles. The molecule has 0 aliphatic carbocycles. The van der Waals surface area contributed by atoms with E-state index in [0.717, 1.165) is 31.3 Å². The van der Waals surface area contributed by atoms with Gasteiger partial charge in [-0.3, -0.25) is 4.79 Å². The maximum Gasteiger partial charge on any atom is 0.257 e. The lowest BCUT2D eigenvalue weighted by Crippen LogP contribution is -2.38. The highest BCUT2D eigenvalue weighted by Gasteiger charge is 2.25. The summed E-state index contributed by atoms with van der Waals surface area (Å²) in [6, 6.07) is 5.32. The largest absolute Gasteiger partial charge is 0.497 e. The third-order valence-corrected chi connectivity index (χ3v) is 4.67. The lowest BCUT2D eigenvalue weighted by Gasteiger charge is -2.31. The smallest absolute Gasteiger partial charge is 0.257 e. The number of likely N-dealkylation sites (tertiary alicyclic amines) is 1. The number of carbonyl (C=O) groups excluding carboxylic acids is 1. The average molecular weight is 342 g/mol. The zero-order chi connectivity index (χ0) is 14.5. The van der Waals surface area contributed by atoms with E-state index < -0.39 is 0 Å². The molecule has 1 fully saturated rings. The van der Waals surface area contributed by atoms with Crippen LogP contribution in [0.1, 0.15) is 23.2 Å². The lowest BCUT2D eigenvalue weighted by molar-refractivity contribution is 0.0695. The SMILES string of the molecule is COc1ccc(C(=O)N2CCC(CBr)CC2)c(OC)c1. The molecular formula is C15H20BrNO3. The predicted molar refractivity (Wildman–Crippen MR) is 82.0 cm³/mol. The third kappa shape index (κ3) is 3.26. The van der Waals surface area contributed by atoms with Gasteiger partial charge < -0.3 is 14.4 Å². The van der Waals surface area contributed by atoms with E-state index in [2.05, 4.69) is 15.9 Å². The summed E-state index contributed by atoms with van der Waals surface area (Å²) in [6.45, 7) is 1.62. The van der Waals surface area contributed by atoms with Gasteiger partial charge in [-0.15, -0.1) is 0 Å². The van der Waals surface area contributed by atoms with Crippen LogP contribution in [0, 0.1) is 5.92 Å². The molecule has 0 bridgehead atoms. The summed E-state index contributed by atoms with van der Waals surface area (Å²) in [7, 11) is 3.17. The Morgan fingerprint density at radius 1 is 1.30 bits per heavy atom. The molecule has 1 heterocycles. The molecule has 1 amide bonds. The topological polar surface area (TPSA) is 38.8 Å². The Bertz CT molecular complexity index is 470. The predicted octanol–water partition coefficient (Wildman–Crippen LogP) is 2.95. The van der Waals surface area contributed by atoms with Crippen molar-refractivity contribution in [2.75, 3.05) is 32.6 Å². The van der Waals surface area contributed by atoms with Crippen molar-refractivity contribution in [1.29, 1.82) is 0 Å². The maximum atomic E-state index is 12.6. The summed E-state index contributed by atoms with van der Waals surface area (Å²) in [5.74, 6) is 1.97. The minimum atomic E-state index is 0.0394. The minimum Gasteiger partial charge on any atom is -0.497 e. The van der Waals surface area contributed by atoms with E-state index in [1.165, 1.54) is 0 Å². The molecule has 0 spiro atoms. The van der Waals surface area contributed by atoms with Crippen LogP contribution in [0.5, 0.6) is 11.5 Å². The fourth-order valence-electron chi connectivity index (χ4n) is 2.44. The van der Waals surface area contributed by atoms with Gasteiger partial charge in [-0.2, -0.15) is 0 Å². The van der Waals surface area contributed by atoms with Crippen molar-refractivity contribution in [2.45, 2.75) is 12.8 Å². The highest BCUT2D eigenvalue weighted by Crippen LogP contribution is 2.27. The minimum absolute atomic E-state index is 0.0394. The second-order valence-corrected chi connectivity index (χ2v) is 5.60. The van der Waals surface area contributed by atoms with Gasteiger partial charge in [0.05, 0.1) is 19.8 Å². The molecule has 5 heteroatoms. The number of ether oxygens (including phenoxy) is 2. The highest BCUT2D eigenvalue weighted by molar-refractivity contribution is 9.09. The van der Waals surface area contributed by atoms with Crippen LogP contribution in [0.2, 0.25) is 0 Å². The van der Waals surface area contributed by atoms with Gasteiger partial charge >= 0.3 is 0 Å². The number of piperidine rings is 1. The van der Waals surface area contributed by atoms with Crippen LogP contribution in [-0.4, -0.2) is 43.4 Å². The van der Waals surface area contributed by atoms with Crippen LogP contribution >= 0.6 is 15.9 Å². The van der Waals surface area contributed by atoms with Crippen LogP contribution in [-0.2, 0) is 0 Å². The van der Waals surface area contributed by atoms with Gasteiger partial charge in [0.1, 0.15) is 11.5 Å². The van der Waals surface area contributed by atoms with E-state index in [9.17, 15) is 4.79 Å². The van der Waals surface area contributed by atoms with Crippen molar-refractivity contribution >= 4 is 21.8 Å². The Balaban J connectivity index is 2.13. The second kappa shape index (κ2) is 6.97. The summed E-state index contributed by atoms with van der Waals surface area (Å²) < 4.78 is 10.5. The summed E-state index contributed by atoms with van der Waals surface area (Å²) >= 11 is 3.51. The van der Waals surface area contributed by atoms with Gasteiger partial charge in [0.2, 0.25) is 0 Å². The van der Waals surface area contributed by atoms with E-state index in [1.807, 2.05) is 4.90 Å². The number of benzene rings is 1. The van der Waals surface area contributed by atoms with Crippen molar-refractivity contribution in [2.24, 2.45) is 5.92 Å². The molecule has 4 nitrogen and oxygen atoms in total. The van der Waals surface area contributed by atoms with Gasteiger partial charge in [0, 0.05) is 24.5 Å². The van der Waals surface area contributed by atoms with E-state index in [-0.39, 0.29) is 5.91 Å². The maximum absolute atomic E-state index is 12.6. The Morgan fingerprint density at radius 2 is 2.00 bits per heavy atom. The molecule has 1 aliphatic rings. The number of alkyl halides is 1. The first-order chi connectivity index (χ1) is 9.69. The van der Waals surface area contributed by atoms with Gasteiger partial charge in [-0.25, -0.2) is 0 Å². The Morgan fingerprint density at radius 3 is 2.55 bits per heavy atom. The van der Waals surface area contributed by atoms with E-state index in [1.54, 1.807) is 32.4 Å². The first-order valence-electron chi connectivity index (χ1n) is 6.76. The quantitative estimate of drug-likeness (QED) is 0.790. The third-order valence-electron chi connectivity index (χ3n) is 3.76. The van der Waals surface area contributed by atoms with Crippen LogP contribution in [0.25, 0.3) is 0 Å². The first-order valence-corrected chi connectivity index (χ1v) is 7.89. The monoisotopic (exact) mass is 341 g/mol. The summed E-state index contributed by atoms with van der Waals surface area (Å²) in [6.07, 6.45) is 2.10. The standard InChI is InChI=1S/C15H20BrNO3/c1-19-12-3-4-13(14(9-12)20-2)15(18)17-7-5-11(10-16)6-8-17/h3-4,9,11H,5-8,10H2,1-2H3. The molecule has 0 atom stereocenters. The molecule has 0 radical (unpaired) electrons. The number of rotatable bonds is 4. The van der Waals surface area contributed by atoms with Gasteiger partial charge in [0.15, 0.2) is 0 Å². The Kier molecular flexibility index (Phi) is 5.29. The van der Waals surface area contributed by atoms with Crippen LogP contribution < -0.4 is 9.47 Å². The van der Waals surface area contributed by atoms with E-state index >= 15 is 0 Å². The number of halogens is 1. The molecule has 2 rings (SSSR count). The number of nitrogens with zero attached hydrogens (tertiary/aromatic N) is 1. The Hall–Kier alpha value is -1.23. The molecule has 0 N–H and O–H groups in total. The molecule has 1 saturated heterocycles. The number of amides is 1. The lowest BCUT2D eigenvalue weighted by atomic mass is 9.98. The van der Waals surface area contributed by atoms with Crippen molar-refractivity contribution in [3.63, 3.8) is 0 Å². The van der Waals surface area contributed by atoms with Gasteiger partial charge in [-0.1, -0.05) is 15.9 Å². The van der Waals surface area contributed by atoms with Gasteiger partial charge in [-0.05, 0) is 30.9 Å². The zero-order valence-corrected chi connectivity index (χ0v) is 13.5. The van der Waals surface area contributed by atoms with Crippen LogP contribution in [0.4, 0.5) is 0 Å². The van der Waals surface area contributed by atoms with Crippen LogP contribution in [0.15, 0.2) is 18.2 Å². The Labute approximate surface area is 128 Å². The average Bonchev–Trinajstić information content (AvgIpc) is 2.53. The summed E-state index contributed by atoms with van der Waals surface area (Å²) in [4.78, 5) is 14.5. The molecular weight excluding hydrogens is 322 g/mol. The van der Waals surface area contributed by atoms with Crippen molar-refractivity contribution in [3.8, 4) is 11.5 Å². The fourth-order valence-corrected chi connectivity index (χ4v) is 3.08. The molecule has 1 aromatic carbocycles. The van der Waals surface area contributed by atoms with Gasteiger partial charge in [0.25, 0.3) is 5.91 Å². The molecule has 1 aliphatic heterocycles. The van der Waals surface area contributed by atoms with Crippen molar-refractivity contribution < 1.29 is 14.3 Å². The molecule has 1 aromatic rings. The first kappa shape index (κ1) is 15.2. The molecule has 110 valence electrons. The van der Waals surface area contributed by atoms with Crippen LogP contribution in [0.3, 0.4) is 0 Å². The second-order valence-electron chi connectivity index (χ2n) is 4.96. The highest BCUT2D eigenvalue weighted by atomic mass is 79.9. The number of methoxy groups -OCH3 is 2. The van der Waals surface area contributed by atoms with E-state index in [0.29, 0.717) is 23.0 Å². The summed E-state index contributed by atoms with van der Waals surface area (Å²) in [5.41, 5.74) is 0.602. The summed E-state index contributed by atoms with van der Waals surface area (Å²) in [5, 5.41) is 1.01. The normalized spacial score (nSPS) is 16.1. The molecule has 20 heavy (non-hydrogen) atoms. The van der Waals surface area contributed by atoms with Crippen molar-refractivity contribution in [3.05, 3.63) is 23.8 Å².